The van der Waals surface area contributed by atoms with Gasteiger partial charge in [0.1, 0.15) is 15.7 Å². The number of esters is 1. The lowest BCUT2D eigenvalue weighted by Gasteiger charge is -2.18. The molecular formula is C21H20FN3O3S2. The highest BCUT2D eigenvalue weighted by atomic mass is 32.1. The summed E-state index contributed by atoms with van der Waals surface area (Å²) in [5, 5.41) is 3.01. The minimum absolute atomic E-state index is 0.0967. The Morgan fingerprint density at radius 2 is 2.10 bits per heavy atom. The lowest BCUT2D eigenvalue weighted by molar-refractivity contribution is -0.118. The summed E-state index contributed by atoms with van der Waals surface area (Å²) in [5.74, 6) is -0.851. The first-order valence-corrected chi connectivity index (χ1v) is 11.3. The molecule has 2 aromatic heterocycles. The molecule has 0 saturated heterocycles. The van der Waals surface area contributed by atoms with Crippen LogP contribution in [0.25, 0.3) is 10.6 Å². The van der Waals surface area contributed by atoms with Crippen molar-refractivity contribution in [3.8, 4) is 10.6 Å². The van der Waals surface area contributed by atoms with Gasteiger partial charge in [-0.3, -0.25) is 9.69 Å². The van der Waals surface area contributed by atoms with E-state index in [1.54, 1.807) is 30.9 Å². The number of hydrogen-bond acceptors (Lipinski definition) is 7. The summed E-state index contributed by atoms with van der Waals surface area (Å²) >= 11 is 2.56. The number of nitrogens with zero attached hydrogens (tertiary/aromatic N) is 3. The van der Waals surface area contributed by atoms with Gasteiger partial charge in [-0.2, -0.15) is 0 Å². The Kier molecular flexibility index (Phi) is 5.92. The van der Waals surface area contributed by atoms with E-state index in [1.807, 2.05) is 5.38 Å². The molecule has 4 rings (SSSR count). The zero-order valence-corrected chi connectivity index (χ0v) is 18.2. The second-order valence-electron chi connectivity index (χ2n) is 6.96. The number of anilines is 1. The van der Waals surface area contributed by atoms with Gasteiger partial charge < -0.3 is 4.74 Å². The molecule has 9 heteroatoms. The van der Waals surface area contributed by atoms with E-state index in [4.69, 9.17) is 4.74 Å². The molecule has 0 unspecified atom stereocenters. The Hall–Kier alpha value is -2.65. The topological polar surface area (TPSA) is 72.4 Å². The molecule has 156 valence electrons. The highest BCUT2D eigenvalue weighted by Crippen LogP contribution is 2.36. The average molecular weight is 446 g/mol. The van der Waals surface area contributed by atoms with Gasteiger partial charge in [0.2, 0.25) is 5.91 Å². The van der Waals surface area contributed by atoms with Crippen molar-refractivity contribution in [1.82, 2.24) is 9.97 Å². The first-order valence-electron chi connectivity index (χ1n) is 9.63. The van der Waals surface area contributed by atoms with Crippen LogP contribution >= 0.6 is 22.7 Å². The Labute approximate surface area is 181 Å². The van der Waals surface area contributed by atoms with Crippen molar-refractivity contribution in [3.05, 3.63) is 51.7 Å². The second kappa shape index (κ2) is 8.61. The van der Waals surface area contributed by atoms with Gasteiger partial charge in [0.05, 0.1) is 24.4 Å². The monoisotopic (exact) mass is 445 g/mol. The van der Waals surface area contributed by atoms with Gasteiger partial charge in [0.15, 0.2) is 5.13 Å². The van der Waals surface area contributed by atoms with E-state index in [-0.39, 0.29) is 30.8 Å². The van der Waals surface area contributed by atoms with E-state index in [2.05, 4.69) is 9.97 Å². The van der Waals surface area contributed by atoms with Gasteiger partial charge >= 0.3 is 5.97 Å². The van der Waals surface area contributed by atoms with Gasteiger partial charge in [-0.05, 0) is 38.8 Å². The summed E-state index contributed by atoms with van der Waals surface area (Å²) in [6.45, 7) is 3.78. The van der Waals surface area contributed by atoms with Crippen molar-refractivity contribution in [2.45, 2.75) is 39.2 Å². The SMILES string of the molecule is CCOC(=O)c1sc(N(C(=O)Cc2csc(-c3cccc(F)c3)n2)C2CC2)nc1C. The van der Waals surface area contributed by atoms with Gasteiger partial charge in [-0.15, -0.1) is 11.3 Å². The lowest BCUT2D eigenvalue weighted by atomic mass is 10.2. The molecular weight excluding hydrogens is 425 g/mol. The van der Waals surface area contributed by atoms with Crippen LogP contribution in [0.2, 0.25) is 0 Å². The molecule has 0 N–H and O–H groups in total. The molecule has 1 fully saturated rings. The first kappa shape index (κ1) is 20.6. The second-order valence-corrected chi connectivity index (χ2v) is 8.79. The van der Waals surface area contributed by atoms with Crippen molar-refractivity contribution in [1.29, 1.82) is 0 Å². The summed E-state index contributed by atoms with van der Waals surface area (Å²) in [6.07, 6.45) is 1.94. The molecule has 0 bridgehead atoms. The zero-order chi connectivity index (χ0) is 21.3. The third-order valence-electron chi connectivity index (χ3n) is 4.59. The molecule has 0 aliphatic heterocycles. The smallest absolute Gasteiger partial charge is 0.350 e. The number of aryl methyl sites for hydroxylation is 1. The van der Waals surface area contributed by atoms with E-state index in [0.29, 0.717) is 32.0 Å². The van der Waals surface area contributed by atoms with Crippen molar-refractivity contribution >= 4 is 39.7 Å². The van der Waals surface area contributed by atoms with Gasteiger partial charge in [-0.25, -0.2) is 19.2 Å². The number of rotatable bonds is 7. The fraction of sp³-hybridized carbons (Fsp3) is 0.333. The minimum atomic E-state index is -0.416. The van der Waals surface area contributed by atoms with Crippen LogP contribution < -0.4 is 4.90 Å². The van der Waals surface area contributed by atoms with Crippen LogP contribution in [-0.4, -0.2) is 34.5 Å². The molecule has 1 saturated carbocycles. The van der Waals surface area contributed by atoms with Gasteiger partial charge in [0.25, 0.3) is 0 Å². The number of amides is 1. The Balaban J connectivity index is 1.53. The van der Waals surface area contributed by atoms with Crippen LogP contribution in [0.5, 0.6) is 0 Å². The summed E-state index contributed by atoms with van der Waals surface area (Å²) in [5.41, 5.74) is 1.88. The fourth-order valence-electron chi connectivity index (χ4n) is 3.05. The minimum Gasteiger partial charge on any atom is -0.462 e. The first-order chi connectivity index (χ1) is 14.5. The van der Waals surface area contributed by atoms with Crippen LogP contribution in [0.15, 0.2) is 29.6 Å². The molecule has 0 atom stereocenters. The fourth-order valence-corrected chi connectivity index (χ4v) is 4.92. The number of carbonyl (C=O) groups is 2. The number of halogens is 1. The summed E-state index contributed by atoms with van der Waals surface area (Å²) < 4.78 is 18.6. The number of carbonyl (C=O) groups excluding carboxylic acids is 2. The molecule has 1 aromatic carbocycles. The molecule has 1 aliphatic rings. The Morgan fingerprint density at radius 3 is 2.80 bits per heavy atom. The van der Waals surface area contributed by atoms with Crippen molar-refractivity contribution < 1.29 is 18.7 Å². The molecule has 1 aliphatic carbocycles. The van der Waals surface area contributed by atoms with Crippen LogP contribution in [0, 0.1) is 12.7 Å². The largest absolute Gasteiger partial charge is 0.462 e. The van der Waals surface area contributed by atoms with Crippen molar-refractivity contribution in [2.75, 3.05) is 11.5 Å². The molecule has 2 heterocycles. The van der Waals surface area contributed by atoms with E-state index >= 15 is 0 Å². The van der Waals surface area contributed by atoms with Crippen LogP contribution in [0.1, 0.15) is 40.8 Å². The lowest BCUT2D eigenvalue weighted by Crippen LogP contribution is -2.34. The third-order valence-corrected chi connectivity index (χ3v) is 6.67. The predicted octanol–water partition coefficient (Wildman–Crippen LogP) is 4.63. The maximum Gasteiger partial charge on any atom is 0.350 e. The zero-order valence-electron chi connectivity index (χ0n) is 16.6. The van der Waals surface area contributed by atoms with E-state index in [9.17, 15) is 14.0 Å². The standard InChI is InChI=1S/C21H20FN3O3S2/c1-3-28-20(27)18-12(2)23-21(30-18)25(16-7-8-16)17(26)10-15-11-29-19(24-15)13-5-4-6-14(22)9-13/h4-6,9,11,16H,3,7-8,10H2,1-2H3. The molecule has 30 heavy (non-hydrogen) atoms. The van der Waals surface area contributed by atoms with E-state index in [1.165, 1.54) is 34.8 Å². The van der Waals surface area contributed by atoms with Gasteiger partial charge in [-0.1, -0.05) is 23.5 Å². The van der Waals surface area contributed by atoms with Crippen LogP contribution in [0.3, 0.4) is 0 Å². The summed E-state index contributed by atoms with van der Waals surface area (Å²) in [7, 11) is 0. The van der Waals surface area contributed by atoms with E-state index in [0.717, 1.165) is 12.8 Å². The molecule has 0 radical (unpaired) electrons. The van der Waals surface area contributed by atoms with Crippen molar-refractivity contribution in [3.63, 3.8) is 0 Å². The average Bonchev–Trinajstić information content (AvgIpc) is 3.29. The molecule has 3 aromatic rings. The molecule has 6 nitrogen and oxygen atoms in total. The Bertz CT molecular complexity index is 1090. The number of aromatic nitrogens is 2. The maximum absolute atomic E-state index is 13.5. The Morgan fingerprint density at radius 1 is 1.30 bits per heavy atom. The number of thiazole rings is 2. The van der Waals surface area contributed by atoms with Crippen molar-refractivity contribution in [2.24, 2.45) is 0 Å². The number of hydrogen-bond donors (Lipinski definition) is 0. The van der Waals surface area contributed by atoms with E-state index < -0.39 is 5.97 Å². The number of benzene rings is 1. The third kappa shape index (κ3) is 4.41. The predicted molar refractivity (Wildman–Crippen MR) is 115 cm³/mol. The summed E-state index contributed by atoms with van der Waals surface area (Å²) in [6, 6.07) is 6.34. The number of ether oxygens (including phenoxy) is 1. The summed E-state index contributed by atoms with van der Waals surface area (Å²) in [4.78, 5) is 36.3. The highest BCUT2D eigenvalue weighted by Gasteiger charge is 2.36. The van der Waals surface area contributed by atoms with Crippen LogP contribution in [0.4, 0.5) is 9.52 Å². The highest BCUT2D eigenvalue weighted by molar-refractivity contribution is 7.17. The normalized spacial score (nSPS) is 13.3. The maximum atomic E-state index is 13.5. The quantitative estimate of drug-likeness (QED) is 0.496. The van der Waals surface area contributed by atoms with Crippen LogP contribution in [-0.2, 0) is 16.0 Å². The molecule has 1 amide bonds. The molecule has 0 spiro atoms. The van der Waals surface area contributed by atoms with Gasteiger partial charge in [0, 0.05) is 17.0 Å².